The van der Waals surface area contributed by atoms with E-state index in [1.54, 1.807) is 31.2 Å². The third-order valence-corrected chi connectivity index (χ3v) is 6.19. The normalized spacial score (nSPS) is 10.5. The van der Waals surface area contributed by atoms with Gasteiger partial charge < -0.3 is 15.4 Å². The Labute approximate surface area is 207 Å². The number of ether oxygens (including phenoxy) is 1. The summed E-state index contributed by atoms with van der Waals surface area (Å²) >= 11 is 1.39. The molecule has 4 aromatic rings. The monoisotopic (exact) mass is 484 g/mol. The third kappa shape index (κ3) is 6.49. The van der Waals surface area contributed by atoms with Crippen molar-refractivity contribution < 1.29 is 19.1 Å². The van der Waals surface area contributed by atoms with Crippen LogP contribution in [0.1, 0.15) is 27.6 Å². The maximum Gasteiger partial charge on any atom is 0.338 e. The second-order valence-corrected chi connectivity index (χ2v) is 8.72. The zero-order valence-electron chi connectivity index (χ0n) is 19.1. The molecule has 35 heavy (non-hydrogen) atoms. The molecule has 0 heterocycles. The van der Waals surface area contributed by atoms with Crippen LogP contribution < -0.4 is 10.6 Å². The van der Waals surface area contributed by atoms with Gasteiger partial charge in [0.2, 0.25) is 5.91 Å². The van der Waals surface area contributed by atoms with Crippen molar-refractivity contribution in [1.29, 1.82) is 0 Å². The van der Waals surface area contributed by atoms with E-state index in [-0.39, 0.29) is 17.6 Å². The Bertz CT molecular complexity index is 1350. The van der Waals surface area contributed by atoms with Crippen LogP contribution in [0.2, 0.25) is 0 Å². The van der Waals surface area contributed by atoms with Crippen molar-refractivity contribution in [3.05, 3.63) is 102 Å². The van der Waals surface area contributed by atoms with Crippen LogP contribution in [0.25, 0.3) is 10.8 Å². The third-order valence-electron chi connectivity index (χ3n) is 5.17. The zero-order chi connectivity index (χ0) is 24.6. The lowest BCUT2D eigenvalue weighted by molar-refractivity contribution is -0.113. The number of fused-ring (bicyclic) bond motifs is 1. The molecular weight excluding hydrogens is 460 g/mol. The molecule has 2 N–H and O–H groups in total. The van der Waals surface area contributed by atoms with Crippen LogP contribution in [0, 0.1) is 0 Å². The molecule has 0 bridgehead atoms. The van der Waals surface area contributed by atoms with Crippen molar-refractivity contribution in [2.24, 2.45) is 0 Å². The SMILES string of the molecule is CCOC(=O)c1ccc(NC(=O)CSc2ccc(NC(=O)c3ccc4ccccc4c3)cc2)cc1. The van der Waals surface area contributed by atoms with Gasteiger partial charge in [0, 0.05) is 21.8 Å². The van der Waals surface area contributed by atoms with Gasteiger partial charge in [-0.2, -0.15) is 0 Å². The highest BCUT2D eigenvalue weighted by molar-refractivity contribution is 8.00. The number of rotatable bonds is 8. The number of thioether (sulfide) groups is 1. The van der Waals surface area contributed by atoms with Gasteiger partial charge in [-0.3, -0.25) is 9.59 Å². The van der Waals surface area contributed by atoms with Crippen molar-refractivity contribution in [2.45, 2.75) is 11.8 Å². The molecule has 0 saturated heterocycles. The maximum absolute atomic E-state index is 12.6. The van der Waals surface area contributed by atoms with Gasteiger partial charge in [0.25, 0.3) is 5.91 Å². The Morgan fingerprint density at radius 3 is 2.09 bits per heavy atom. The molecule has 0 atom stereocenters. The molecule has 7 heteroatoms. The fraction of sp³-hybridized carbons (Fsp3) is 0.107. The predicted molar refractivity (Wildman–Crippen MR) is 140 cm³/mol. The summed E-state index contributed by atoms with van der Waals surface area (Å²) in [5.74, 6) is -0.502. The first-order chi connectivity index (χ1) is 17.0. The van der Waals surface area contributed by atoms with Gasteiger partial charge in [0.1, 0.15) is 0 Å². The van der Waals surface area contributed by atoms with Crippen LogP contribution in [-0.4, -0.2) is 30.1 Å². The minimum absolute atomic E-state index is 0.160. The molecule has 2 amide bonds. The van der Waals surface area contributed by atoms with Crippen molar-refractivity contribution in [1.82, 2.24) is 0 Å². The van der Waals surface area contributed by atoms with Crippen LogP contribution in [0.15, 0.2) is 95.9 Å². The first-order valence-electron chi connectivity index (χ1n) is 11.1. The van der Waals surface area contributed by atoms with E-state index < -0.39 is 5.97 Å². The molecular formula is C28H24N2O4S. The fourth-order valence-corrected chi connectivity index (χ4v) is 4.12. The highest BCUT2D eigenvalue weighted by Crippen LogP contribution is 2.22. The van der Waals surface area contributed by atoms with Crippen LogP contribution >= 0.6 is 11.8 Å². The zero-order valence-corrected chi connectivity index (χ0v) is 19.9. The van der Waals surface area contributed by atoms with Crippen LogP contribution in [-0.2, 0) is 9.53 Å². The minimum Gasteiger partial charge on any atom is -0.462 e. The van der Waals surface area contributed by atoms with Crippen LogP contribution in [0.5, 0.6) is 0 Å². The molecule has 0 unspecified atom stereocenters. The quantitative estimate of drug-likeness (QED) is 0.237. The average Bonchev–Trinajstić information content (AvgIpc) is 2.88. The second kappa shape index (κ2) is 11.4. The number of hydrogen-bond acceptors (Lipinski definition) is 5. The van der Waals surface area contributed by atoms with Gasteiger partial charge >= 0.3 is 5.97 Å². The fourth-order valence-electron chi connectivity index (χ4n) is 3.42. The first-order valence-corrected chi connectivity index (χ1v) is 12.1. The summed E-state index contributed by atoms with van der Waals surface area (Å²) < 4.78 is 4.95. The van der Waals surface area contributed by atoms with E-state index in [0.29, 0.717) is 29.1 Å². The molecule has 4 aromatic carbocycles. The van der Waals surface area contributed by atoms with Crippen molar-refractivity contribution in [3.63, 3.8) is 0 Å². The number of benzene rings is 4. The van der Waals surface area contributed by atoms with Gasteiger partial charge in [0.05, 0.1) is 17.9 Å². The molecule has 4 rings (SSSR count). The number of carbonyl (C=O) groups excluding carboxylic acids is 3. The maximum atomic E-state index is 12.6. The lowest BCUT2D eigenvalue weighted by Gasteiger charge is -2.08. The highest BCUT2D eigenvalue weighted by Gasteiger charge is 2.09. The number of carbonyl (C=O) groups is 3. The first kappa shape index (κ1) is 24.0. The summed E-state index contributed by atoms with van der Waals surface area (Å²) in [7, 11) is 0. The number of hydrogen-bond donors (Lipinski definition) is 2. The van der Waals surface area contributed by atoms with Gasteiger partial charge in [-0.25, -0.2) is 4.79 Å². The molecule has 0 radical (unpaired) electrons. The molecule has 0 fully saturated rings. The van der Waals surface area contributed by atoms with Gasteiger partial charge in [-0.15, -0.1) is 11.8 Å². The Morgan fingerprint density at radius 2 is 1.37 bits per heavy atom. The molecule has 0 saturated carbocycles. The van der Waals surface area contributed by atoms with Crippen molar-refractivity contribution >= 4 is 51.7 Å². The number of anilines is 2. The van der Waals surface area contributed by atoms with Gasteiger partial charge in [-0.05, 0) is 78.4 Å². The van der Waals surface area contributed by atoms with Crippen molar-refractivity contribution in [3.8, 4) is 0 Å². The summed E-state index contributed by atoms with van der Waals surface area (Å²) in [5.41, 5.74) is 2.31. The lowest BCUT2D eigenvalue weighted by atomic mass is 10.1. The smallest absolute Gasteiger partial charge is 0.338 e. The molecule has 0 aliphatic heterocycles. The van der Waals surface area contributed by atoms with E-state index >= 15 is 0 Å². The van der Waals surface area contributed by atoms with Crippen LogP contribution in [0.3, 0.4) is 0 Å². The minimum atomic E-state index is -0.391. The topological polar surface area (TPSA) is 84.5 Å². The summed E-state index contributed by atoms with van der Waals surface area (Å²) in [4.78, 5) is 37.5. The summed E-state index contributed by atoms with van der Waals surface area (Å²) in [5, 5.41) is 7.82. The predicted octanol–water partition coefficient (Wildman–Crippen LogP) is 6.00. The molecule has 0 aliphatic rings. The lowest BCUT2D eigenvalue weighted by Crippen LogP contribution is -2.14. The summed E-state index contributed by atoms with van der Waals surface area (Å²) in [6, 6.07) is 27.4. The Kier molecular flexibility index (Phi) is 7.80. The van der Waals surface area contributed by atoms with E-state index in [1.165, 1.54) is 11.8 Å². The van der Waals surface area contributed by atoms with Crippen LogP contribution in [0.4, 0.5) is 11.4 Å². The van der Waals surface area contributed by atoms with E-state index in [1.807, 2.05) is 66.7 Å². The summed E-state index contributed by atoms with van der Waals surface area (Å²) in [6.07, 6.45) is 0. The van der Waals surface area contributed by atoms with E-state index in [0.717, 1.165) is 15.7 Å². The van der Waals surface area contributed by atoms with Gasteiger partial charge in [0.15, 0.2) is 0 Å². The number of nitrogens with one attached hydrogen (secondary N) is 2. The van der Waals surface area contributed by atoms with Crippen molar-refractivity contribution in [2.75, 3.05) is 23.0 Å². The molecule has 0 aliphatic carbocycles. The highest BCUT2D eigenvalue weighted by atomic mass is 32.2. The molecule has 176 valence electrons. The number of amides is 2. The van der Waals surface area contributed by atoms with E-state index in [2.05, 4.69) is 10.6 Å². The van der Waals surface area contributed by atoms with Gasteiger partial charge in [-0.1, -0.05) is 30.3 Å². The molecule has 0 spiro atoms. The average molecular weight is 485 g/mol. The number of esters is 1. The Morgan fingerprint density at radius 1 is 0.743 bits per heavy atom. The summed E-state index contributed by atoms with van der Waals surface area (Å²) in [6.45, 7) is 2.06. The van der Waals surface area contributed by atoms with E-state index in [4.69, 9.17) is 4.74 Å². The molecule has 6 nitrogen and oxygen atoms in total. The molecule has 0 aromatic heterocycles. The Hall–Kier alpha value is -4.10. The standard InChI is InChI=1S/C28H24N2O4S/c1-2-34-28(33)20-9-11-23(12-10-20)29-26(31)18-35-25-15-13-24(14-16-25)30-27(32)22-8-7-19-5-3-4-6-21(19)17-22/h3-17H,2,18H2,1H3,(H,29,31)(H,30,32). The van der Waals surface area contributed by atoms with E-state index in [9.17, 15) is 14.4 Å². The largest absolute Gasteiger partial charge is 0.462 e. The Balaban J connectivity index is 1.27. The second-order valence-electron chi connectivity index (χ2n) is 7.68.